The normalized spacial score (nSPS) is 12.1. The fourth-order valence-electron chi connectivity index (χ4n) is 1.92. The number of carbonyl (C=O) groups excluding carboxylic acids is 1. The van der Waals surface area contributed by atoms with Crippen LogP contribution in [0.15, 0.2) is 23.2 Å². The van der Waals surface area contributed by atoms with Gasteiger partial charge in [0.2, 0.25) is 5.91 Å². The van der Waals surface area contributed by atoms with Crippen molar-refractivity contribution in [2.45, 2.75) is 13.0 Å². The highest BCUT2D eigenvalue weighted by molar-refractivity contribution is 14.0. The quantitative estimate of drug-likeness (QED) is 0.173. The molecule has 0 heterocycles. The van der Waals surface area contributed by atoms with Crippen molar-refractivity contribution < 1.29 is 14.6 Å². The van der Waals surface area contributed by atoms with Crippen LogP contribution in [-0.2, 0) is 9.53 Å². The van der Waals surface area contributed by atoms with Gasteiger partial charge in [0.05, 0.1) is 12.7 Å². The Morgan fingerprint density at radius 2 is 1.88 bits per heavy atom. The molecular formula is C16H25Cl2IN4O3. The zero-order chi connectivity index (χ0) is 18.7. The molecule has 0 fully saturated rings. The molecule has 0 spiro atoms. The number of amides is 1. The van der Waals surface area contributed by atoms with E-state index in [9.17, 15) is 9.90 Å². The number of guanidine groups is 1. The summed E-state index contributed by atoms with van der Waals surface area (Å²) in [6, 6.07) is 4.89. The molecule has 0 aliphatic rings. The largest absolute Gasteiger partial charge is 0.387 e. The lowest BCUT2D eigenvalue weighted by molar-refractivity contribution is -0.119. The molecule has 4 N–H and O–H groups in total. The average molecular weight is 519 g/mol. The molecular weight excluding hydrogens is 494 g/mol. The van der Waals surface area contributed by atoms with Crippen molar-refractivity contribution in [2.75, 3.05) is 39.9 Å². The summed E-state index contributed by atoms with van der Waals surface area (Å²) in [7, 11) is 1.57. The number of hydrogen-bond acceptors (Lipinski definition) is 4. The minimum atomic E-state index is -0.824. The molecule has 7 nitrogen and oxygen atoms in total. The van der Waals surface area contributed by atoms with Gasteiger partial charge in [-0.15, -0.1) is 24.0 Å². The van der Waals surface area contributed by atoms with Crippen LogP contribution in [0.2, 0.25) is 10.0 Å². The van der Waals surface area contributed by atoms with Gasteiger partial charge in [0.25, 0.3) is 0 Å². The molecule has 0 saturated carbocycles. The zero-order valence-electron chi connectivity index (χ0n) is 14.7. The van der Waals surface area contributed by atoms with Gasteiger partial charge in [0.1, 0.15) is 6.54 Å². The second kappa shape index (κ2) is 14.3. The number of hydrogen-bond donors (Lipinski definition) is 4. The maximum absolute atomic E-state index is 11.7. The van der Waals surface area contributed by atoms with Crippen LogP contribution in [0, 0.1) is 0 Å². The van der Waals surface area contributed by atoms with Gasteiger partial charge < -0.3 is 25.8 Å². The smallest absolute Gasteiger partial charge is 0.241 e. The molecule has 1 rings (SSSR count). The first-order valence-electron chi connectivity index (χ1n) is 7.88. The number of aliphatic hydroxyl groups excluding tert-OH is 1. The first kappa shape index (κ1) is 25.2. The van der Waals surface area contributed by atoms with E-state index in [1.54, 1.807) is 25.3 Å². The van der Waals surface area contributed by atoms with Crippen molar-refractivity contribution in [3.63, 3.8) is 0 Å². The molecule has 26 heavy (non-hydrogen) atoms. The van der Waals surface area contributed by atoms with Crippen LogP contribution in [0.5, 0.6) is 0 Å². The Hall–Kier alpha value is -0.810. The van der Waals surface area contributed by atoms with Crippen LogP contribution in [0.3, 0.4) is 0 Å². The second-order valence-electron chi connectivity index (χ2n) is 5.14. The van der Waals surface area contributed by atoms with Gasteiger partial charge >= 0.3 is 0 Å². The Labute approximate surface area is 180 Å². The summed E-state index contributed by atoms with van der Waals surface area (Å²) in [5.74, 6) is 0.216. The van der Waals surface area contributed by atoms with Crippen molar-refractivity contribution in [3.8, 4) is 0 Å². The van der Waals surface area contributed by atoms with E-state index < -0.39 is 6.10 Å². The van der Waals surface area contributed by atoms with Crippen molar-refractivity contribution >= 4 is 59.0 Å². The Morgan fingerprint density at radius 3 is 2.46 bits per heavy atom. The zero-order valence-corrected chi connectivity index (χ0v) is 18.6. The van der Waals surface area contributed by atoms with Crippen LogP contribution >= 0.6 is 47.2 Å². The topological polar surface area (TPSA) is 95.0 Å². The Morgan fingerprint density at radius 1 is 1.23 bits per heavy atom. The van der Waals surface area contributed by atoms with E-state index in [1.165, 1.54) is 0 Å². The van der Waals surface area contributed by atoms with Gasteiger partial charge in [-0.1, -0.05) is 23.2 Å². The highest BCUT2D eigenvalue weighted by atomic mass is 127. The van der Waals surface area contributed by atoms with Crippen molar-refractivity contribution in [1.29, 1.82) is 0 Å². The number of benzene rings is 1. The SMILES string of the molecule is CCNC(=NCC(=O)NCCOC)NCC(O)c1cc(Cl)cc(Cl)c1.I. The lowest BCUT2D eigenvalue weighted by Gasteiger charge is -2.16. The van der Waals surface area contributed by atoms with E-state index in [-0.39, 0.29) is 43.0 Å². The molecule has 0 aliphatic heterocycles. The van der Waals surface area contributed by atoms with Crippen LogP contribution in [0.25, 0.3) is 0 Å². The van der Waals surface area contributed by atoms with Crippen molar-refractivity contribution in [2.24, 2.45) is 4.99 Å². The monoisotopic (exact) mass is 518 g/mol. The van der Waals surface area contributed by atoms with Crippen LogP contribution in [0.1, 0.15) is 18.6 Å². The maximum atomic E-state index is 11.7. The van der Waals surface area contributed by atoms with Crippen LogP contribution < -0.4 is 16.0 Å². The molecule has 1 unspecified atom stereocenters. The highest BCUT2D eigenvalue weighted by Gasteiger charge is 2.11. The predicted octanol–water partition coefficient (Wildman–Crippen LogP) is 1.96. The molecule has 0 bridgehead atoms. The van der Waals surface area contributed by atoms with Gasteiger partial charge in [-0.3, -0.25) is 4.79 Å². The summed E-state index contributed by atoms with van der Waals surface area (Å²) >= 11 is 11.9. The van der Waals surface area contributed by atoms with Crippen molar-refractivity contribution in [3.05, 3.63) is 33.8 Å². The highest BCUT2D eigenvalue weighted by Crippen LogP contribution is 2.23. The molecule has 1 amide bonds. The second-order valence-corrected chi connectivity index (χ2v) is 6.01. The van der Waals surface area contributed by atoms with Gasteiger partial charge in [0, 0.05) is 36.8 Å². The fraction of sp³-hybridized carbons (Fsp3) is 0.500. The van der Waals surface area contributed by atoms with Crippen LogP contribution in [-0.4, -0.2) is 56.9 Å². The van der Waals surface area contributed by atoms with E-state index in [0.717, 1.165) is 0 Å². The van der Waals surface area contributed by atoms with Crippen LogP contribution in [0.4, 0.5) is 0 Å². The Kier molecular flexibility index (Phi) is 13.8. The molecule has 1 atom stereocenters. The molecule has 0 aliphatic carbocycles. The van der Waals surface area contributed by atoms with E-state index in [1.807, 2.05) is 6.92 Å². The Balaban J connectivity index is 0.00000625. The third kappa shape index (κ3) is 10.4. The lowest BCUT2D eigenvalue weighted by atomic mass is 10.1. The number of methoxy groups -OCH3 is 1. The Bertz CT molecular complexity index is 570. The molecule has 1 aromatic rings. The first-order chi connectivity index (χ1) is 12.0. The third-order valence-corrected chi connectivity index (χ3v) is 3.52. The predicted molar refractivity (Wildman–Crippen MR) is 116 cm³/mol. The van der Waals surface area contributed by atoms with E-state index >= 15 is 0 Å². The molecule has 1 aromatic carbocycles. The summed E-state index contributed by atoms with van der Waals surface area (Å²) in [6.07, 6.45) is -0.824. The minimum absolute atomic E-state index is 0. The number of ether oxygens (including phenoxy) is 1. The van der Waals surface area contributed by atoms with Gasteiger partial charge in [0.15, 0.2) is 5.96 Å². The van der Waals surface area contributed by atoms with Gasteiger partial charge in [-0.25, -0.2) is 4.99 Å². The maximum Gasteiger partial charge on any atom is 0.241 e. The van der Waals surface area contributed by atoms with Gasteiger partial charge in [-0.2, -0.15) is 0 Å². The summed E-state index contributed by atoms with van der Waals surface area (Å²) in [4.78, 5) is 15.8. The average Bonchev–Trinajstić information content (AvgIpc) is 2.56. The summed E-state index contributed by atoms with van der Waals surface area (Å²) < 4.78 is 4.86. The summed E-state index contributed by atoms with van der Waals surface area (Å²) in [5.41, 5.74) is 0.596. The molecule has 0 radical (unpaired) electrons. The van der Waals surface area contributed by atoms with E-state index in [2.05, 4.69) is 20.9 Å². The number of nitrogens with one attached hydrogen (secondary N) is 3. The van der Waals surface area contributed by atoms with Gasteiger partial charge in [-0.05, 0) is 30.7 Å². The van der Waals surface area contributed by atoms with E-state index in [0.29, 0.717) is 41.3 Å². The molecule has 148 valence electrons. The first-order valence-corrected chi connectivity index (χ1v) is 8.63. The number of rotatable bonds is 9. The lowest BCUT2D eigenvalue weighted by Crippen LogP contribution is -2.40. The number of nitrogens with zero attached hydrogens (tertiary/aromatic N) is 1. The molecule has 0 saturated heterocycles. The number of halogens is 3. The molecule has 0 aromatic heterocycles. The standard InChI is InChI=1S/C16H24Cl2N4O3.HI/c1-3-19-16(22-10-15(24)20-4-5-25-2)21-9-14(23)11-6-12(17)8-13(18)7-11;/h6-8,14,23H,3-5,9-10H2,1-2H3,(H,20,24)(H2,19,21,22);1H. The molecule has 10 heteroatoms. The number of aliphatic hydroxyl groups is 1. The fourth-order valence-corrected chi connectivity index (χ4v) is 2.46. The van der Waals surface area contributed by atoms with E-state index in [4.69, 9.17) is 27.9 Å². The number of carbonyl (C=O) groups is 1. The summed E-state index contributed by atoms with van der Waals surface area (Å²) in [5, 5.41) is 19.8. The third-order valence-electron chi connectivity index (χ3n) is 3.09. The van der Waals surface area contributed by atoms with Crippen molar-refractivity contribution in [1.82, 2.24) is 16.0 Å². The summed E-state index contributed by atoms with van der Waals surface area (Å²) in [6.45, 7) is 3.57. The minimum Gasteiger partial charge on any atom is -0.387 e. The number of aliphatic imine (C=N–C) groups is 1.